The Labute approximate surface area is 245 Å². The Morgan fingerprint density at radius 2 is 1.81 bits per heavy atom. The van der Waals surface area contributed by atoms with Gasteiger partial charge >= 0.3 is 5.97 Å². The third-order valence-corrected chi connectivity index (χ3v) is 8.32. The summed E-state index contributed by atoms with van der Waals surface area (Å²) in [5, 5.41) is 0.997. The Balaban J connectivity index is 1.64. The minimum Gasteiger partial charge on any atom is -0.497 e. The molecule has 1 N–H and O–H groups in total. The van der Waals surface area contributed by atoms with E-state index < -0.39 is 12.0 Å². The predicted octanol–water partition coefficient (Wildman–Crippen LogP) is 4.96. The number of ether oxygens (including phenoxy) is 3. The molecule has 0 bridgehead atoms. The van der Waals surface area contributed by atoms with Crippen molar-refractivity contribution in [3.05, 3.63) is 115 Å². The van der Waals surface area contributed by atoms with Gasteiger partial charge in [-0.15, -0.1) is 0 Å². The second kappa shape index (κ2) is 11.2. The number of benzene rings is 3. The number of para-hydroxylation sites is 1. The van der Waals surface area contributed by atoms with Crippen molar-refractivity contribution in [2.24, 2.45) is 4.99 Å². The van der Waals surface area contributed by atoms with Gasteiger partial charge in [-0.2, -0.15) is 0 Å². The fourth-order valence-corrected chi connectivity index (χ4v) is 6.44. The van der Waals surface area contributed by atoms with Crippen LogP contribution < -0.4 is 24.4 Å². The first kappa shape index (κ1) is 27.3. The Morgan fingerprint density at radius 1 is 1.05 bits per heavy atom. The molecule has 3 aromatic carbocycles. The number of nitrogens with zero attached hydrogens (tertiary/aromatic N) is 2. The normalized spacial score (nSPS) is 15.0. The molecule has 1 aliphatic rings. The molecule has 0 spiro atoms. The number of esters is 1. The summed E-state index contributed by atoms with van der Waals surface area (Å²) in [4.78, 5) is 36.4. The van der Waals surface area contributed by atoms with Gasteiger partial charge < -0.3 is 19.2 Å². The maximum atomic E-state index is 14.3. The molecule has 0 saturated carbocycles. The number of methoxy groups -OCH3 is 2. The lowest BCUT2D eigenvalue weighted by molar-refractivity contribution is -0.139. The van der Waals surface area contributed by atoms with E-state index in [2.05, 4.69) is 4.98 Å². The van der Waals surface area contributed by atoms with E-state index >= 15 is 0 Å². The van der Waals surface area contributed by atoms with Crippen molar-refractivity contribution in [3.63, 3.8) is 0 Å². The number of allylic oxidation sites excluding steroid dienone is 1. The Hall–Kier alpha value is -4.89. The van der Waals surface area contributed by atoms with Gasteiger partial charge in [-0.1, -0.05) is 59.9 Å². The summed E-state index contributed by atoms with van der Waals surface area (Å²) < 4.78 is 18.7. The van der Waals surface area contributed by atoms with E-state index in [-0.39, 0.29) is 17.7 Å². The average Bonchev–Trinajstić information content (AvgIpc) is 3.53. The summed E-state index contributed by atoms with van der Waals surface area (Å²) >= 11 is 1.28. The van der Waals surface area contributed by atoms with Crippen LogP contribution in [0.25, 0.3) is 28.2 Å². The third kappa shape index (κ3) is 4.61. The first-order valence-corrected chi connectivity index (χ1v) is 14.3. The molecule has 6 rings (SSSR count). The molecule has 9 heteroatoms. The molecule has 0 aliphatic carbocycles. The molecule has 8 nitrogen and oxygen atoms in total. The molecule has 3 heterocycles. The van der Waals surface area contributed by atoms with Crippen LogP contribution in [0.4, 0.5) is 0 Å². The summed E-state index contributed by atoms with van der Waals surface area (Å²) in [5.74, 6) is 0.540. The van der Waals surface area contributed by atoms with Crippen molar-refractivity contribution >= 4 is 34.3 Å². The van der Waals surface area contributed by atoms with Gasteiger partial charge in [0.1, 0.15) is 17.5 Å². The van der Waals surface area contributed by atoms with E-state index in [1.165, 1.54) is 11.3 Å². The van der Waals surface area contributed by atoms with Gasteiger partial charge in [0, 0.05) is 22.0 Å². The molecule has 0 unspecified atom stereocenters. The van der Waals surface area contributed by atoms with Gasteiger partial charge in [0.15, 0.2) is 4.80 Å². The van der Waals surface area contributed by atoms with Gasteiger partial charge in [0.05, 0.1) is 42.3 Å². The number of carbonyl (C=O) groups is 1. The highest BCUT2D eigenvalue weighted by molar-refractivity contribution is 7.07. The van der Waals surface area contributed by atoms with E-state index in [9.17, 15) is 9.59 Å². The lowest BCUT2D eigenvalue weighted by Crippen LogP contribution is -2.40. The molecule has 5 aromatic rings. The van der Waals surface area contributed by atoms with Crippen molar-refractivity contribution in [2.75, 3.05) is 20.8 Å². The van der Waals surface area contributed by atoms with E-state index in [4.69, 9.17) is 19.2 Å². The topological polar surface area (TPSA) is 94.9 Å². The van der Waals surface area contributed by atoms with Crippen molar-refractivity contribution in [1.29, 1.82) is 0 Å². The number of aromatic nitrogens is 2. The zero-order valence-corrected chi connectivity index (χ0v) is 24.5. The number of carbonyl (C=O) groups excluding carboxylic acids is 1. The number of hydrogen-bond acceptors (Lipinski definition) is 7. The quantitative estimate of drug-likeness (QED) is 0.275. The van der Waals surface area contributed by atoms with Crippen LogP contribution in [0.2, 0.25) is 0 Å². The van der Waals surface area contributed by atoms with Crippen LogP contribution >= 0.6 is 11.3 Å². The Bertz CT molecular complexity index is 2040. The number of fused-ring (bicyclic) bond motifs is 2. The summed E-state index contributed by atoms with van der Waals surface area (Å²) in [6.45, 7) is 3.69. The van der Waals surface area contributed by atoms with E-state index in [1.54, 1.807) is 50.8 Å². The largest absolute Gasteiger partial charge is 0.497 e. The number of H-pyrrole nitrogens is 1. The monoisotopic (exact) mass is 579 g/mol. The summed E-state index contributed by atoms with van der Waals surface area (Å²) in [6, 6.07) is 22.5. The molecule has 1 aliphatic heterocycles. The molecule has 0 amide bonds. The SMILES string of the molecule is CCOC(=O)C1=C(C)N=c2s/c(=C/c3c(-c4ccccc4)[nH]c4ccccc34)c(=O)n2[C@H]1c1cc(OC)ccc1OC. The maximum Gasteiger partial charge on any atom is 0.338 e. The van der Waals surface area contributed by atoms with Gasteiger partial charge in [0.25, 0.3) is 5.56 Å². The number of rotatable bonds is 7. The molecule has 1 atom stereocenters. The van der Waals surface area contributed by atoms with E-state index in [0.29, 0.717) is 32.1 Å². The zero-order chi connectivity index (χ0) is 29.4. The molecule has 212 valence electrons. The molecule has 0 fully saturated rings. The average molecular weight is 580 g/mol. The third-order valence-electron chi connectivity index (χ3n) is 7.33. The van der Waals surface area contributed by atoms with Gasteiger partial charge in [0.2, 0.25) is 0 Å². The number of nitrogens with one attached hydrogen (secondary N) is 1. The maximum absolute atomic E-state index is 14.3. The minimum atomic E-state index is -0.830. The highest BCUT2D eigenvalue weighted by Crippen LogP contribution is 2.38. The highest BCUT2D eigenvalue weighted by Gasteiger charge is 2.35. The van der Waals surface area contributed by atoms with Crippen LogP contribution in [0.3, 0.4) is 0 Å². The standard InChI is InChI=1S/C33H29N3O5S/c1-5-41-32(38)28-19(2)34-33-36(30(28)24-17-21(39-3)15-16-26(24)40-4)31(37)27(42-33)18-23-22-13-9-10-14-25(22)35-29(23)20-11-7-6-8-12-20/h6-18,30,35H,5H2,1-4H3/b27-18+/t30-/m0/s1. The van der Waals surface area contributed by atoms with Crippen molar-refractivity contribution in [1.82, 2.24) is 9.55 Å². The van der Waals surface area contributed by atoms with E-state index in [1.807, 2.05) is 60.7 Å². The van der Waals surface area contributed by atoms with Crippen molar-refractivity contribution in [3.8, 4) is 22.8 Å². The predicted molar refractivity (Wildman–Crippen MR) is 164 cm³/mol. The summed E-state index contributed by atoms with van der Waals surface area (Å²) in [6.07, 6.45) is 1.91. The lowest BCUT2D eigenvalue weighted by atomic mass is 9.94. The number of thiazole rings is 1. The second-order valence-electron chi connectivity index (χ2n) is 9.74. The molecule has 2 aromatic heterocycles. The Morgan fingerprint density at radius 3 is 2.55 bits per heavy atom. The molecule has 0 radical (unpaired) electrons. The number of hydrogen-bond donors (Lipinski definition) is 1. The minimum absolute atomic E-state index is 0.185. The highest BCUT2D eigenvalue weighted by atomic mass is 32.1. The lowest BCUT2D eigenvalue weighted by Gasteiger charge is -2.26. The van der Waals surface area contributed by atoms with Gasteiger partial charge in [-0.25, -0.2) is 9.79 Å². The zero-order valence-electron chi connectivity index (χ0n) is 23.6. The summed E-state index contributed by atoms with van der Waals surface area (Å²) in [7, 11) is 3.12. The molecular weight excluding hydrogens is 550 g/mol. The number of aromatic amines is 1. The second-order valence-corrected chi connectivity index (χ2v) is 10.7. The van der Waals surface area contributed by atoms with Crippen LogP contribution in [0.5, 0.6) is 11.5 Å². The van der Waals surface area contributed by atoms with Crippen molar-refractivity contribution in [2.45, 2.75) is 19.9 Å². The molecule has 0 saturated heterocycles. The van der Waals surface area contributed by atoms with E-state index in [0.717, 1.165) is 27.7 Å². The van der Waals surface area contributed by atoms with Gasteiger partial charge in [-0.05, 0) is 49.8 Å². The van der Waals surface area contributed by atoms with Crippen LogP contribution in [0.15, 0.2) is 93.9 Å². The molecular formula is C33H29N3O5S. The van der Waals surface area contributed by atoms with Crippen LogP contribution in [-0.2, 0) is 9.53 Å². The first-order chi connectivity index (χ1) is 20.4. The first-order valence-electron chi connectivity index (χ1n) is 13.5. The van der Waals surface area contributed by atoms with Gasteiger partial charge in [-0.3, -0.25) is 9.36 Å². The van der Waals surface area contributed by atoms with Crippen LogP contribution in [-0.4, -0.2) is 36.3 Å². The smallest absolute Gasteiger partial charge is 0.338 e. The Kier molecular flexibility index (Phi) is 7.26. The van der Waals surface area contributed by atoms with Crippen LogP contribution in [0.1, 0.15) is 31.0 Å². The van der Waals surface area contributed by atoms with Crippen LogP contribution in [0, 0.1) is 0 Å². The summed E-state index contributed by atoms with van der Waals surface area (Å²) in [5.41, 5.74) is 4.87. The fraction of sp³-hybridized carbons (Fsp3) is 0.182. The fourth-order valence-electron chi connectivity index (χ4n) is 5.42. The molecule has 42 heavy (non-hydrogen) atoms. The van der Waals surface area contributed by atoms with Crippen molar-refractivity contribution < 1.29 is 19.0 Å².